The van der Waals surface area contributed by atoms with Gasteiger partial charge >= 0.3 is 0 Å². The molecule has 0 aliphatic carbocycles. The van der Waals surface area contributed by atoms with Crippen molar-refractivity contribution in [3.8, 4) is 5.82 Å². The van der Waals surface area contributed by atoms with Crippen molar-refractivity contribution in [1.29, 1.82) is 0 Å². The van der Waals surface area contributed by atoms with Crippen molar-refractivity contribution < 1.29 is 0 Å². The predicted octanol–water partition coefficient (Wildman–Crippen LogP) is 1.28. The summed E-state index contributed by atoms with van der Waals surface area (Å²) in [7, 11) is 0. The lowest BCUT2D eigenvalue weighted by molar-refractivity contribution is 0.781. The van der Waals surface area contributed by atoms with Crippen LogP contribution in [0.1, 0.15) is 11.4 Å². The summed E-state index contributed by atoms with van der Waals surface area (Å²) in [5.74, 6) is 0.758. The van der Waals surface area contributed by atoms with Crippen LogP contribution >= 0.6 is 0 Å². The van der Waals surface area contributed by atoms with Gasteiger partial charge in [-0.3, -0.25) is 0 Å². The zero-order chi connectivity index (χ0) is 9.26. The van der Waals surface area contributed by atoms with E-state index in [0.29, 0.717) is 0 Å². The third kappa shape index (κ3) is 1.42. The van der Waals surface area contributed by atoms with Gasteiger partial charge in [-0.25, -0.2) is 4.68 Å². The molecule has 0 saturated carbocycles. The van der Waals surface area contributed by atoms with E-state index in [1.165, 1.54) is 0 Å². The van der Waals surface area contributed by atoms with Gasteiger partial charge in [0, 0.05) is 11.9 Å². The van der Waals surface area contributed by atoms with Crippen LogP contribution in [0, 0.1) is 13.8 Å². The van der Waals surface area contributed by atoms with Crippen molar-refractivity contribution in [2.24, 2.45) is 0 Å². The summed E-state index contributed by atoms with van der Waals surface area (Å²) in [5, 5.41) is 12.1. The quantitative estimate of drug-likeness (QED) is 0.654. The largest absolute Gasteiger partial charge is 0.218 e. The Balaban J connectivity index is 2.53. The molecule has 0 radical (unpaired) electrons. The van der Waals surface area contributed by atoms with Gasteiger partial charge in [-0.05, 0) is 32.0 Å². The minimum absolute atomic E-state index is 0.758. The lowest BCUT2D eigenvalue weighted by Gasteiger charge is -1.99. The molecule has 0 amide bonds. The number of aromatic nitrogens is 4. The van der Waals surface area contributed by atoms with Gasteiger partial charge in [0.1, 0.15) is 0 Å². The first kappa shape index (κ1) is 7.91. The zero-order valence-electron chi connectivity index (χ0n) is 7.60. The molecule has 66 valence electrons. The highest BCUT2D eigenvalue weighted by atomic mass is 15.3. The Morgan fingerprint density at radius 3 is 2.69 bits per heavy atom. The molecular weight excluding hydrogens is 164 g/mol. The second-order valence-electron chi connectivity index (χ2n) is 2.92. The molecule has 0 unspecified atom stereocenters. The predicted molar refractivity (Wildman–Crippen MR) is 48.6 cm³/mol. The van der Waals surface area contributed by atoms with Gasteiger partial charge in [-0.1, -0.05) is 0 Å². The van der Waals surface area contributed by atoms with E-state index in [0.717, 1.165) is 17.2 Å². The van der Waals surface area contributed by atoms with E-state index in [1.807, 2.05) is 32.0 Å². The van der Waals surface area contributed by atoms with Gasteiger partial charge in [0.25, 0.3) is 0 Å². The van der Waals surface area contributed by atoms with Crippen LogP contribution in [0.4, 0.5) is 0 Å². The van der Waals surface area contributed by atoms with Crippen molar-refractivity contribution in [2.75, 3.05) is 0 Å². The van der Waals surface area contributed by atoms with Crippen molar-refractivity contribution in [2.45, 2.75) is 13.8 Å². The first-order chi connectivity index (χ1) is 6.27. The van der Waals surface area contributed by atoms with E-state index in [1.54, 1.807) is 10.9 Å². The Kier molecular flexibility index (Phi) is 1.81. The van der Waals surface area contributed by atoms with E-state index < -0.39 is 0 Å². The van der Waals surface area contributed by atoms with Crippen LogP contribution in [0.2, 0.25) is 0 Å². The molecule has 4 heteroatoms. The minimum atomic E-state index is 0.758. The SMILES string of the molecule is Cc1cc(C)n(-c2cccnn2)n1. The molecule has 0 aromatic carbocycles. The summed E-state index contributed by atoms with van der Waals surface area (Å²) < 4.78 is 1.78. The molecular formula is C9H10N4. The molecule has 2 rings (SSSR count). The van der Waals surface area contributed by atoms with E-state index in [9.17, 15) is 0 Å². The van der Waals surface area contributed by atoms with E-state index in [-0.39, 0.29) is 0 Å². The van der Waals surface area contributed by atoms with Crippen molar-refractivity contribution in [3.05, 3.63) is 35.8 Å². The van der Waals surface area contributed by atoms with Crippen LogP contribution < -0.4 is 0 Å². The minimum Gasteiger partial charge on any atom is -0.218 e. The Hall–Kier alpha value is -1.71. The first-order valence-electron chi connectivity index (χ1n) is 4.09. The van der Waals surface area contributed by atoms with Gasteiger partial charge < -0.3 is 0 Å². The second kappa shape index (κ2) is 2.97. The molecule has 2 aromatic heterocycles. The third-order valence-corrected chi connectivity index (χ3v) is 1.78. The van der Waals surface area contributed by atoms with Gasteiger partial charge in [0.05, 0.1) is 5.69 Å². The normalized spacial score (nSPS) is 10.3. The zero-order valence-corrected chi connectivity index (χ0v) is 7.60. The lowest BCUT2D eigenvalue weighted by Crippen LogP contribution is -2.02. The molecule has 0 aliphatic rings. The Morgan fingerprint density at radius 1 is 1.31 bits per heavy atom. The van der Waals surface area contributed by atoms with Crippen molar-refractivity contribution in [1.82, 2.24) is 20.0 Å². The highest BCUT2D eigenvalue weighted by Gasteiger charge is 2.03. The van der Waals surface area contributed by atoms with Gasteiger partial charge in [0.15, 0.2) is 5.82 Å². The maximum atomic E-state index is 4.29. The number of nitrogens with zero attached hydrogens (tertiary/aromatic N) is 4. The average Bonchev–Trinajstić information content (AvgIpc) is 2.47. The number of aryl methyl sites for hydroxylation is 2. The molecule has 0 N–H and O–H groups in total. The van der Waals surface area contributed by atoms with Crippen LogP contribution in [0.5, 0.6) is 0 Å². The highest BCUT2D eigenvalue weighted by Crippen LogP contribution is 2.07. The Labute approximate surface area is 76.2 Å². The van der Waals surface area contributed by atoms with Crippen molar-refractivity contribution in [3.63, 3.8) is 0 Å². The number of hydrogen-bond acceptors (Lipinski definition) is 3. The van der Waals surface area contributed by atoms with Gasteiger partial charge in [0.2, 0.25) is 0 Å². The molecule has 0 atom stereocenters. The van der Waals surface area contributed by atoms with Crippen LogP contribution in [0.25, 0.3) is 5.82 Å². The second-order valence-corrected chi connectivity index (χ2v) is 2.92. The maximum Gasteiger partial charge on any atom is 0.175 e. The van der Waals surface area contributed by atoms with Crippen LogP contribution in [0.3, 0.4) is 0 Å². The highest BCUT2D eigenvalue weighted by molar-refractivity contribution is 5.23. The van der Waals surface area contributed by atoms with Crippen LogP contribution in [-0.2, 0) is 0 Å². The first-order valence-corrected chi connectivity index (χ1v) is 4.09. The van der Waals surface area contributed by atoms with E-state index in [2.05, 4.69) is 15.3 Å². The fourth-order valence-electron chi connectivity index (χ4n) is 1.27. The number of hydrogen-bond donors (Lipinski definition) is 0. The summed E-state index contributed by atoms with van der Waals surface area (Å²) in [4.78, 5) is 0. The summed E-state index contributed by atoms with van der Waals surface area (Å²) in [6.07, 6.45) is 1.65. The molecule has 13 heavy (non-hydrogen) atoms. The summed E-state index contributed by atoms with van der Waals surface area (Å²) >= 11 is 0. The summed E-state index contributed by atoms with van der Waals surface area (Å²) in [6, 6.07) is 5.74. The maximum absolute atomic E-state index is 4.29. The molecule has 0 aliphatic heterocycles. The summed E-state index contributed by atoms with van der Waals surface area (Å²) in [5.41, 5.74) is 2.06. The smallest absolute Gasteiger partial charge is 0.175 e. The van der Waals surface area contributed by atoms with Crippen LogP contribution in [0.15, 0.2) is 24.4 Å². The molecule has 2 aromatic rings. The topological polar surface area (TPSA) is 43.6 Å². The molecule has 0 bridgehead atoms. The summed E-state index contributed by atoms with van der Waals surface area (Å²) in [6.45, 7) is 3.95. The fourth-order valence-corrected chi connectivity index (χ4v) is 1.27. The van der Waals surface area contributed by atoms with Crippen LogP contribution in [-0.4, -0.2) is 20.0 Å². The lowest BCUT2D eigenvalue weighted by atomic mass is 10.4. The molecule has 2 heterocycles. The molecule has 4 nitrogen and oxygen atoms in total. The third-order valence-electron chi connectivity index (χ3n) is 1.78. The average molecular weight is 174 g/mol. The fraction of sp³-hybridized carbons (Fsp3) is 0.222. The van der Waals surface area contributed by atoms with E-state index in [4.69, 9.17) is 0 Å². The molecule has 0 saturated heterocycles. The Bertz CT molecular complexity index is 405. The van der Waals surface area contributed by atoms with Gasteiger partial charge in [-0.2, -0.15) is 10.2 Å². The molecule has 0 fully saturated rings. The number of rotatable bonds is 1. The van der Waals surface area contributed by atoms with E-state index >= 15 is 0 Å². The van der Waals surface area contributed by atoms with Gasteiger partial charge in [-0.15, -0.1) is 5.10 Å². The molecule has 0 spiro atoms. The monoisotopic (exact) mass is 174 g/mol. The standard InChI is InChI=1S/C9H10N4/c1-7-6-8(2)13(12-7)9-4-3-5-10-11-9/h3-6H,1-2H3. The Morgan fingerprint density at radius 2 is 2.15 bits per heavy atom. The van der Waals surface area contributed by atoms with Crippen molar-refractivity contribution >= 4 is 0 Å².